The summed E-state index contributed by atoms with van der Waals surface area (Å²) in [6, 6.07) is 5.57. The highest BCUT2D eigenvalue weighted by atomic mass is 19.4. The molecule has 5 nitrogen and oxygen atoms in total. The Morgan fingerprint density at radius 3 is 2.46 bits per heavy atom. The van der Waals surface area contributed by atoms with Crippen LogP contribution in [-0.4, -0.2) is 35.3 Å². The second kappa shape index (κ2) is 7.21. The van der Waals surface area contributed by atoms with E-state index < -0.39 is 41.3 Å². The van der Waals surface area contributed by atoms with Crippen LogP contribution < -0.4 is 5.32 Å². The molecule has 0 unspecified atom stereocenters. The molecule has 9 heteroatoms. The van der Waals surface area contributed by atoms with Crippen molar-refractivity contribution in [1.82, 2.24) is 9.88 Å². The van der Waals surface area contributed by atoms with Crippen molar-refractivity contribution < 1.29 is 27.2 Å². The van der Waals surface area contributed by atoms with Crippen molar-refractivity contribution in [1.29, 1.82) is 0 Å². The fourth-order valence-corrected chi connectivity index (χ4v) is 3.28. The van der Waals surface area contributed by atoms with Crippen molar-refractivity contribution in [2.24, 2.45) is 5.92 Å². The van der Waals surface area contributed by atoms with Crippen LogP contribution in [-0.2, 0) is 15.8 Å². The van der Waals surface area contributed by atoms with Gasteiger partial charge in [0.25, 0.3) is 0 Å². The van der Waals surface area contributed by atoms with Crippen molar-refractivity contribution >= 4 is 17.5 Å². The monoisotopic (exact) mass is 395 g/mol. The number of carbonyl (C=O) groups excluding carboxylic acids is 2. The maximum atomic E-state index is 13.1. The van der Waals surface area contributed by atoms with Crippen LogP contribution in [0.25, 0.3) is 0 Å². The normalized spacial score (nSPS) is 19.8. The number of nitrogens with one attached hydrogen (secondary N) is 1. The van der Waals surface area contributed by atoms with Crippen LogP contribution in [0.15, 0.2) is 36.5 Å². The number of halogens is 4. The van der Waals surface area contributed by atoms with Crippen LogP contribution in [0.5, 0.6) is 0 Å². The molecule has 2 amide bonds. The Morgan fingerprint density at radius 2 is 1.89 bits per heavy atom. The molecule has 1 aromatic carbocycles. The van der Waals surface area contributed by atoms with E-state index in [1.807, 2.05) is 0 Å². The number of pyridine rings is 1. The first kappa shape index (κ1) is 19.8. The van der Waals surface area contributed by atoms with Crippen molar-refractivity contribution in [3.05, 3.63) is 59.2 Å². The van der Waals surface area contributed by atoms with Crippen molar-refractivity contribution in [2.75, 3.05) is 18.9 Å². The third-order valence-corrected chi connectivity index (χ3v) is 4.80. The highest BCUT2D eigenvalue weighted by Crippen LogP contribution is 2.36. The van der Waals surface area contributed by atoms with Crippen LogP contribution >= 0.6 is 0 Å². The average molecular weight is 395 g/mol. The molecule has 3 rings (SSSR count). The van der Waals surface area contributed by atoms with Crippen LogP contribution in [0, 0.1) is 18.8 Å². The summed E-state index contributed by atoms with van der Waals surface area (Å²) in [7, 11) is 1.53. The van der Waals surface area contributed by atoms with Gasteiger partial charge < -0.3 is 10.2 Å². The number of anilines is 1. The number of likely N-dealkylation sites (N-methyl/N-ethyl adjacent to an activating group) is 1. The lowest BCUT2D eigenvalue weighted by atomic mass is 9.87. The van der Waals surface area contributed by atoms with Gasteiger partial charge in [0.2, 0.25) is 17.8 Å². The lowest BCUT2D eigenvalue weighted by molar-refractivity contribution is -0.138. The molecule has 2 aromatic rings. The average Bonchev–Trinajstić information content (AvgIpc) is 2.92. The minimum Gasteiger partial charge on any atom is -0.344 e. The second-order valence-electron chi connectivity index (χ2n) is 6.73. The summed E-state index contributed by atoms with van der Waals surface area (Å²) >= 11 is 0. The highest BCUT2D eigenvalue weighted by molar-refractivity contribution is 6.08. The Kier molecular flexibility index (Phi) is 5.10. The van der Waals surface area contributed by atoms with Crippen molar-refractivity contribution in [3.63, 3.8) is 0 Å². The number of alkyl halides is 3. The number of hydrogen-bond acceptors (Lipinski definition) is 3. The van der Waals surface area contributed by atoms with E-state index in [0.29, 0.717) is 11.1 Å². The molecule has 0 bridgehead atoms. The summed E-state index contributed by atoms with van der Waals surface area (Å²) in [5.74, 6) is -3.46. The number of nitrogens with zero attached hydrogens (tertiary/aromatic N) is 2. The van der Waals surface area contributed by atoms with Gasteiger partial charge in [-0.3, -0.25) is 9.59 Å². The molecule has 0 radical (unpaired) electrons. The number of rotatable bonds is 3. The molecule has 1 fully saturated rings. The van der Waals surface area contributed by atoms with E-state index in [0.717, 1.165) is 24.4 Å². The molecule has 1 aliphatic rings. The van der Waals surface area contributed by atoms with Crippen LogP contribution in [0.3, 0.4) is 0 Å². The molecule has 148 valence electrons. The lowest BCUT2D eigenvalue weighted by Gasteiger charge is -2.18. The Bertz CT molecular complexity index is 912. The Morgan fingerprint density at radius 1 is 1.25 bits per heavy atom. The zero-order valence-corrected chi connectivity index (χ0v) is 15.0. The van der Waals surface area contributed by atoms with Gasteiger partial charge >= 0.3 is 6.18 Å². The summed E-state index contributed by atoms with van der Waals surface area (Å²) in [6.07, 6.45) is -3.32. The maximum Gasteiger partial charge on any atom is 0.416 e. The quantitative estimate of drug-likeness (QED) is 0.493. The molecule has 1 aromatic heterocycles. The van der Waals surface area contributed by atoms with Gasteiger partial charge in [-0.15, -0.1) is 0 Å². The van der Waals surface area contributed by atoms with Crippen LogP contribution in [0.2, 0.25) is 0 Å². The molecular weight excluding hydrogens is 378 g/mol. The molecular formula is C19H17F4N3O2. The van der Waals surface area contributed by atoms with E-state index in [9.17, 15) is 27.2 Å². The standard InChI is InChI=1S/C19H17F4N3O2/c1-10-7-15(20)24-8-14(10)25-17(27)16-13(9-26(2)18(16)28)11-3-5-12(6-4-11)19(21,22)23/h3-8,13,16H,9H2,1-2H3,(H,25,27)/t13-,16+/m1/s1. The summed E-state index contributed by atoms with van der Waals surface area (Å²) in [5.41, 5.74) is 0.355. The van der Waals surface area contributed by atoms with Crippen molar-refractivity contribution in [3.8, 4) is 0 Å². The SMILES string of the molecule is Cc1cc(F)ncc1NC(=O)[C@H]1C(=O)N(C)C[C@@H]1c1ccc(C(F)(F)F)cc1. The summed E-state index contributed by atoms with van der Waals surface area (Å²) in [5, 5.41) is 2.57. The first-order valence-corrected chi connectivity index (χ1v) is 8.43. The zero-order valence-electron chi connectivity index (χ0n) is 15.0. The van der Waals surface area contributed by atoms with Crippen LogP contribution in [0.4, 0.5) is 23.2 Å². The highest BCUT2D eigenvalue weighted by Gasteiger charge is 2.44. The lowest BCUT2D eigenvalue weighted by Crippen LogP contribution is -2.33. The molecule has 1 saturated heterocycles. The first-order valence-electron chi connectivity index (χ1n) is 8.43. The van der Waals surface area contributed by atoms with E-state index in [-0.39, 0.29) is 12.2 Å². The molecule has 1 N–H and O–H groups in total. The smallest absolute Gasteiger partial charge is 0.344 e. The third-order valence-electron chi connectivity index (χ3n) is 4.80. The second-order valence-corrected chi connectivity index (χ2v) is 6.73. The fraction of sp³-hybridized carbons (Fsp3) is 0.316. The predicted octanol–water partition coefficient (Wildman–Crippen LogP) is 3.36. The zero-order chi connectivity index (χ0) is 20.6. The van der Waals surface area contributed by atoms with Gasteiger partial charge in [-0.1, -0.05) is 12.1 Å². The fourth-order valence-electron chi connectivity index (χ4n) is 3.28. The van der Waals surface area contributed by atoms with Gasteiger partial charge in [0, 0.05) is 19.5 Å². The number of aromatic nitrogens is 1. The third kappa shape index (κ3) is 3.83. The molecule has 0 saturated carbocycles. The molecule has 2 atom stereocenters. The van der Waals surface area contributed by atoms with E-state index in [1.165, 1.54) is 24.1 Å². The molecule has 0 aliphatic carbocycles. The van der Waals surface area contributed by atoms with E-state index >= 15 is 0 Å². The van der Waals surface area contributed by atoms with Gasteiger partial charge in [0.1, 0.15) is 5.92 Å². The maximum absolute atomic E-state index is 13.1. The van der Waals surface area contributed by atoms with Crippen molar-refractivity contribution in [2.45, 2.75) is 19.0 Å². The number of hydrogen-bond donors (Lipinski definition) is 1. The minimum absolute atomic E-state index is 0.197. The van der Waals surface area contributed by atoms with Gasteiger partial charge in [-0.05, 0) is 36.2 Å². The topological polar surface area (TPSA) is 62.3 Å². The Balaban J connectivity index is 1.87. The summed E-state index contributed by atoms with van der Waals surface area (Å²) in [6.45, 7) is 1.78. The largest absolute Gasteiger partial charge is 0.416 e. The number of aryl methyl sites for hydroxylation is 1. The molecule has 2 heterocycles. The summed E-state index contributed by atoms with van der Waals surface area (Å²) < 4.78 is 51.5. The van der Waals surface area contributed by atoms with Crippen LogP contribution in [0.1, 0.15) is 22.6 Å². The number of amides is 2. The number of carbonyl (C=O) groups is 2. The number of likely N-dealkylation sites (tertiary alicyclic amines) is 1. The van der Waals surface area contributed by atoms with Gasteiger partial charge in [-0.2, -0.15) is 17.6 Å². The Labute approximate surface area is 158 Å². The van der Waals surface area contributed by atoms with E-state index in [2.05, 4.69) is 10.3 Å². The van der Waals surface area contributed by atoms with Gasteiger partial charge in [0.05, 0.1) is 17.4 Å². The van der Waals surface area contributed by atoms with Gasteiger partial charge in [-0.25, -0.2) is 4.98 Å². The van der Waals surface area contributed by atoms with E-state index in [1.54, 1.807) is 6.92 Å². The first-order chi connectivity index (χ1) is 13.1. The predicted molar refractivity (Wildman–Crippen MR) is 92.9 cm³/mol. The molecule has 0 spiro atoms. The summed E-state index contributed by atoms with van der Waals surface area (Å²) in [4.78, 5) is 30.1. The number of benzene rings is 1. The van der Waals surface area contributed by atoms with E-state index in [4.69, 9.17) is 0 Å². The molecule has 1 aliphatic heterocycles. The van der Waals surface area contributed by atoms with Gasteiger partial charge in [0.15, 0.2) is 0 Å². The minimum atomic E-state index is -4.47. The Hall–Kier alpha value is -2.97. The molecule has 28 heavy (non-hydrogen) atoms.